The molecule has 1 N–H and O–H groups in total. The number of rotatable bonds is 7. The summed E-state index contributed by atoms with van der Waals surface area (Å²) in [6.45, 7) is 1.68. The lowest BCUT2D eigenvalue weighted by Crippen LogP contribution is -2.08. The highest BCUT2D eigenvalue weighted by molar-refractivity contribution is 6.32. The first-order valence-corrected chi connectivity index (χ1v) is 5.73. The number of hydrogen-bond donors (Lipinski definition) is 1. The summed E-state index contributed by atoms with van der Waals surface area (Å²) in [6, 6.07) is 3.77. The van der Waals surface area contributed by atoms with Crippen molar-refractivity contribution in [3.8, 4) is 11.5 Å². The van der Waals surface area contributed by atoms with Crippen LogP contribution in [0.25, 0.3) is 0 Å². The van der Waals surface area contributed by atoms with Crippen LogP contribution in [-0.4, -0.2) is 34.5 Å². The van der Waals surface area contributed by atoms with Crippen LogP contribution in [0.3, 0.4) is 0 Å². The maximum Gasteiger partial charge on any atom is 0.179 e. The van der Waals surface area contributed by atoms with Gasteiger partial charge in [-0.05, 0) is 24.7 Å². The number of halogens is 1. The number of hydrogen-bond acceptors (Lipinski definition) is 4. The Morgan fingerprint density at radius 1 is 1.24 bits per heavy atom. The number of ether oxygens (including phenoxy) is 3. The minimum Gasteiger partial charge on any atom is -0.493 e. The second kappa shape index (κ2) is 7.37. The maximum absolute atomic E-state index is 6.15. The Kier molecular flexibility index (Phi) is 6.11. The predicted octanol–water partition coefficient (Wildman–Crippen LogP) is 2.09. The highest BCUT2D eigenvalue weighted by atomic mass is 35.5. The topological polar surface area (TPSA) is 39.7 Å². The standard InChI is InChI=1S/C12H18ClNO3/c1-14-8-9-6-10(13)12(11(7-9)16-3)17-5-4-15-2/h6-7,14H,4-5,8H2,1-3H3. The van der Waals surface area contributed by atoms with E-state index >= 15 is 0 Å². The molecule has 5 heteroatoms. The van der Waals surface area contributed by atoms with Gasteiger partial charge in [0.15, 0.2) is 11.5 Å². The second-order valence-electron chi connectivity index (χ2n) is 3.48. The monoisotopic (exact) mass is 259 g/mol. The van der Waals surface area contributed by atoms with Crippen LogP contribution in [0, 0.1) is 0 Å². The van der Waals surface area contributed by atoms with Crippen molar-refractivity contribution in [2.24, 2.45) is 0 Å². The van der Waals surface area contributed by atoms with Gasteiger partial charge in [0.25, 0.3) is 0 Å². The first-order valence-electron chi connectivity index (χ1n) is 5.35. The molecule has 0 atom stereocenters. The number of methoxy groups -OCH3 is 2. The van der Waals surface area contributed by atoms with Crippen LogP contribution in [0.1, 0.15) is 5.56 Å². The minimum atomic E-state index is 0.442. The fourth-order valence-corrected chi connectivity index (χ4v) is 1.73. The van der Waals surface area contributed by atoms with Crippen molar-refractivity contribution in [2.75, 3.05) is 34.5 Å². The third-order valence-electron chi connectivity index (χ3n) is 2.20. The molecule has 0 aliphatic heterocycles. The Hall–Kier alpha value is -0.970. The molecule has 0 fully saturated rings. The first-order chi connectivity index (χ1) is 8.22. The molecule has 0 spiro atoms. The van der Waals surface area contributed by atoms with Crippen molar-refractivity contribution in [3.05, 3.63) is 22.7 Å². The molecule has 0 saturated carbocycles. The molecule has 0 unspecified atom stereocenters. The zero-order valence-electron chi connectivity index (χ0n) is 10.4. The lowest BCUT2D eigenvalue weighted by molar-refractivity contribution is 0.144. The number of nitrogens with one attached hydrogen (secondary N) is 1. The Morgan fingerprint density at radius 2 is 2.00 bits per heavy atom. The van der Waals surface area contributed by atoms with E-state index in [1.807, 2.05) is 19.2 Å². The van der Waals surface area contributed by atoms with Crippen molar-refractivity contribution in [1.82, 2.24) is 5.32 Å². The van der Waals surface area contributed by atoms with E-state index in [1.165, 1.54) is 0 Å². The SMILES string of the molecule is CNCc1cc(Cl)c(OCCOC)c(OC)c1. The maximum atomic E-state index is 6.15. The van der Waals surface area contributed by atoms with Crippen molar-refractivity contribution in [2.45, 2.75) is 6.54 Å². The molecule has 0 saturated heterocycles. The molecule has 17 heavy (non-hydrogen) atoms. The summed E-state index contributed by atoms with van der Waals surface area (Å²) in [5, 5.41) is 3.61. The van der Waals surface area contributed by atoms with Gasteiger partial charge in [0.2, 0.25) is 0 Å². The normalized spacial score (nSPS) is 10.4. The molecule has 0 aliphatic carbocycles. The molecule has 1 rings (SSSR count). The van der Waals surface area contributed by atoms with Gasteiger partial charge in [-0.1, -0.05) is 11.6 Å². The van der Waals surface area contributed by atoms with Crippen molar-refractivity contribution >= 4 is 11.6 Å². The molecular weight excluding hydrogens is 242 g/mol. The summed E-state index contributed by atoms with van der Waals surface area (Å²) < 4.78 is 15.7. The van der Waals surface area contributed by atoms with Crippen molar-refractivity contribution in [3.63, 3.8) is 0 Å². The van der Waals surface area contributed by atoms with Gasteiger partial charge in [0.1, 0.15) is 6.61 Å². The highest BCUT2D eigenvalue weighted by Crippen LogP contribution is 2.36. The van der Waals surface area contributed by atoms with E-state index in [-0.39, 0.29) is 0 Å². The molecule has 4 nitrogen and oxygen atoms in total. The van der Waals surface area contributed by atoms with E-state index in [4.69, 9.17) is 25.8 Å². The van der Waals surface area contributed by atoms with E-state index in [9.17, 15) is 0 Å². The van der Waals surface area contributed by atoms with Crippen LogP contribution in [-0.2, 0) is 11.3 Å². The van der Waals surface area contributed by atoms with Crippen LogP contribution >= 0.6 is 11.6 Å². The molecule has 1 aromatic rings. The highest BCUT2D eigenvalue weighted by Gasteiger charge is 2.11. The lowest BCUT2D eigenvalue weighted by atomic mass is 10.2. The zero-order valence-corrected chi connectivity index (χ0v) is 11.1. The van der Waals surface area contributed by atoms with Crippen molar-refractivity contribution in [1.29, 1.82) is 0 Å². The van der Waals surface area contributed by atoms with Crippen LogP contribution in [0.2, 0.25) is 5.02 Å². The van der Waals surface area contributed by atoms with E-state index in [2.05, 4.69) is 5.32 Å². The first kappa shape index (κ1) is 14.1. The molecule has 0 aliphatic rings. The molecule has 0 amide bonds. The van der Waals surface area contributed by atoms with Gasteiger partial charge in [-0.3, -0.25) is 0 Å². The Labute approximate surface area is 107 Å². The molecule has 0 bridgehead atoms. The predicted molar refractivity (Wildman–Crippen MR) is 68.1 cm³/mol. The summed E-state index contributed by atoms with van der Waals surface area (Å²) in [5.74, 6) is 1.20. The lowest BCUT2D eigenvalue weighted by Gasteiger charge is -2.13. The van der Waals surface area contributed by atoms with Crippen LogP contribution in [0.5, 0.6) is 11.5 Å². The average molecular weight is 260 g/mol. The summed E-state index contributed by atoms with van der Waals surface area (Å²) in [6.07, 6.45) is 0. The third kappa shape index (κ3) is 4.07. The van der Waals surface area contributed by atoms with Gasteiger partial charge in [0, 0.05) is 13.7 Å². The smallest absolute Gasteiger partial charge is 0.179 e. The van der Waals surface area contributed by atoms with Gasteiger partial charge >= 0.3 is 0 Å². The largest absolute Gasteiger partial charge is 0.493 e. The number of benzene rings is 1. The molecule has 0 heterocycles. The fraction of sp³-hybridized carbons (Fsp3) is 0.500. The molecular formula is C12H18ClNO3. The van der Waals surface area contributed by atoms with E-state index in [1.54, 1.807) is 14.2 Å². The van der Waals surface area contributed by atoms with Crippen LogP contribution < -0.4 is 14.8 Å². The molecule has 96 valence electrons. The van der Waals surface area contributed by atoms with Gasteiger partial charge in [-0.2, -0.15) is 0 Å². The summed E-state index contributed by atoms with van der Waals surface area (Å²) in [5.41, 5.74) is 1.05. The van der Waals surface area contributed by atoms with E-state index in [0.29, 0.717) is 29.7 Å². The molecule has 1 aromatic carbocycles. The minimum absolute atomic E-state index is 0.442. The van der Waals surface area contributed by atoms with Gasteiger partial charge in [-0.15, -0.1) is 0 Å². The van der Waals surface area contributed by atoms with Gasteiger partial charge in [0.05, 0.1) is 18.7 Å². The quantitative estimate of drug-likeness (QED) is 0.762. The summed E-state index contributed by atoms with van der Waals surface area (Å²) >= 11 is 6.15. The zero-order chi connectivity index (χ0) is 12.7. The third-order valence-corrected chi connectivity index (χ3v) is 2.48. The van der Waals surface area contributed by atoms with E-state index in [0.717, 1.165) is 12.1 Å². The fourth-order valence-electron chi connectivity index (χ4n) is 1.45. The van der Waals surface area contributed by atoms with Gasteiger partial charge in [-0.25, -0.2) is 0 Å². The average Bonchev–Trinajstić information content (AvgIpc) is 2.32. The van der Waals surface area contributed by atoms with Gasteiger partial charge < -0.3 is 19.5 Å². The molecule has 0 radical (unpaired) electrons. The second-order valence-corrected chi connectivity index (χ2v) is 3.89. The van der Waals surface area contributed by atoms with Crippen LogP contribution in [0.4, 0.5) is 0 Å². The van der Waals surface area contributed by atoms with Crippen LogP contribution in [0.15, 0.2) is 12.1 Å². The Bertz CT molecular complexity index is 358. The molecule has 0 aromatic heterocycles. The van der Waals surface area contributed by atoms with Crippen molar-refractivity contribution < 1.29 is 14.2 Å². The summed E-state index contributed by atoms with van der Waals surface area (Å²) in [7, 11) is 5.10. The Balaban J connectivity index is 2.87. The Morgan fingerprint density at radius 3 is 2.59 bits per heavy atom. The summed E-state index contributed by atoms with van der Waals surface area (Å²) in [4.78, 5) is 0. The van der Waals surface area contributed by atoms with E-state index < -0.39 is 0 Å².